The molecule has 0 radical (unpaired) electrons. The zero-order valence-corrected chi connectivity index (χ0v) is 16.0. The third kappa shape index (κ3) is 4.51. The Labute approximate surface area is 160 Å². The van der Waals surface area contributed by atoms with Crippen molar-refractivity contribution in [3.63, 3.8) is 0 Å². The molecule has 1 aromatic rings. The van der Waals surface area contributed by atoms with Crippen molar-refractivity contribution in [2.75, 3.05) is 20.3 Å². The summed E-state index contributed by atoms with van der Waals surface area (Å²) in [7, 11) is -4.38. The van der Waals surface area contributed by atoms with Crippen LogP contribution in [0.3, 0.4) is 0 Å². The number of methoxy groups -OCH3 is 1. The highest BCUT2D eigenvalue weighted by molar-refractivity contribution is 14.1. The molecule has 0 aromatic heterocycles. The predicted octanol–water partition coefficient (Wildman–Crippen LogP) is 1.44. The van der Waals surface area contributed by atoms with Crippen LogP contribution in [-0.4, -0.2) is 55.7 Å². The average Bonchev–Trinajstić information content (AvgIpc) is 3.04. The minimum Gasteiger partial charge on any atom is -0.504 e. The lowest BCUT2D eigenvalue weighted by Crippen LogP contribution is -2.37. The summed E-state index contributed by atoms with van der Waals surface area (Å²) in [6.45, 7) is -2.19. The Morgan fingerprint density at radius 2 is 2.12 bits per heavy atom. The van der Waals surface area contributed by atoms with E-state index in [4.69, 9.17) is 18.8 Å². The number of carbonyl (C=O) groups is 1. The van der Waals surface area contributed by atoms with Crippen molar-refractivity contribution in [1.29, 1.82) is 0 Å². The maximum absolute atomic E-state index is 13.1. The van der Waals surface area contributed by atoms with E-state index in [1.54, 1.807) is 0 Å². The molecule has 0 amide bonds. The molecule has 0 saturated carbocycles. The van der Waals surface area contributed by atoms with Crippen molar-refractivity contribution in [3.8, 4) is 11.5 Å². The lowest BCUT2D eigenvalue weighted by molar-refractivity contribution is -0.163. The predicted molar refractivity (Wildman–Crippen MR) is 88.4 cm³/mol. The zero-order valence-electron chi connectivity index (χ0n) is 13.0. The smallest absolute Gasteiger partial charge is 0.402 e. The monoisotopic (exact) mass is 510 g/mol. The summed E-state index contributed by atoms with van der Waals surface area (Å²) in [4.78, 5) is 11.7. The van der Waals surface area contributed by atoms with Gasteiger partial charge in [-0.3, -0.25) is 4.55 Å². The number of ether oxygens (including phenoxy) is 4. The molecular weight excluding hydrogens is 497 g/mol. The van der Waals surface area contributed by atoms with Crippen molar-refractivity contribution < 1.29 is 50.6 Å². The molecule has 2 unspecified atom stereocenters. The first kappa shape index (κ1) is 21.0. The van der Waals surface area contributed by atoms with Crippen molar-refractivity contribution in [3.05, 3.63) is 21.3 Å². The van der Waals surface area contributed by atoms with Gasteiger partial charge in [0.25, 0.3) is 0 Å². The molecule has 2 rings (SSSR count). The summed E-state index contributed by atoms with van der Waals surface area (Å²) in [6.07, 6.45) is -2.44. The number of esters is 1. The Bertz CT molecular complexity index is 799. The maximum Gasteiger partial charge on any atom is 0.402 e. The van der Waals surface area contributed by atoms with Crippen LogP contribution in [0.25, 0.3) is 0 Å². The van der Waals surface area contributed by atoms with Gasteiger partial charge in [0.05, 0.1) is 17.3 Å². The van der Waals surface area contributed by atoms with Gasteiger partial charge in [0.2, 0.25) is 0 Å². The number of halogens is 3. The number of phenols is 1. The van der Waals surface area contributed by atoms with Crippen LogP contribution in [0.2, 0.25) is 0 Å². The highest BCUT2D eigenvalue weighted by Gasteiger charge is 2.46. The number of aromatic hydroxyl groups is 1. The van der Waals surface area contributed by atoms with Crippen LogP contribution >= 0.6 is 22.6 Å². The minimum absolute atomic E-state index is 0.0988. The molecule has 1 fully saturated rings. The molecule has 1 saturated heterocycles. The first-order chi connectivity index (χ1) is 12.0. The van der Waals surface area contributed by atoms with E-state index in [1.165, 1.54) is 19.2 Å². The van der Waals surface area contributed by atoms with E-state index in [9.17, 15) is 27.1 Å². The van der Waals surface area contributed by atoms with Crippen LogP contribution in [0, 0.1) is 3.57 Å². The summed E-state index contributed by atoms with van der Waals surface area (Å²) in [5, 5.41) is 5.15. The minimum atomic E-state index is -5.71. The van der Waals surface area contributed by atoms with E-state index in [0.717, 1.165) is 0 Å². The lowest BCUT2D eigenvalue weighted by Gasteiger charge is -2.16. The number of hydrogen-bond donors (Lipinski definition) is 2. The van der Waals surface area contributed by atoms with E-state index >= 15 is 0 Å². The van der Waals surface area contributed by atoms with E-state index in [-0.39, 0.29) is 18.1 Å². The molecule has 0 bridgehead atoms. The standard InChI is InChI=1S/C13H13F2IO9S/c1-22-8-3-6(2-7(16)10(8)17)12-23-4-9(25-12)11(18)24-5-13(14,15)26(19,20)21/h2-3,9,12,17H,4-5H2,1H3,(H,19,20,21). The van der Waals surface area contributed by atoms with Crippen LogP contribution < -0.4 is 4.74 Å². The number of phenolic OH excluding ortho intramolecular Hbond substituents is 1. The summed E-state index contributed by atoms with van der Waals surface area (Å²) in [5.41, 5.74) is 0.391. The number of rotatable bonds is 6. The van der Waals surface area contributed by atoms with Crippen LogP contribution in [0.1, 0.15) is 11.9 Å². The third-order valence-electron chi connectivity index (χ3n) is 3.25. The second-order valence-electron chi connectivity index (χ2n) is 5.06. The Hall–Kier alpha value is -1.29. The molecule has 2 N–H and O–H groups in total. The molecule has 1 heterocycles. The van der Waals surface area contributed by atoms with Crippen molar-refractivity contribution in [1.82, 2.24) is 0 Å². The maximum atomic E-state index is 13.1. The van der Waals surface area contributed by atoms with Gasteiger partial charge in [-0.25, -0.2) is 4.79 Å². The van der Waals surface area contributed by atoms with Gasteiger partial charge >= 0.3 is 21.3 Å². The fourth-order valence-corrected chi connectivity index (χ4v) is 2.74. The fourth-order valence-electron chi connectivity index (χ4n) is 1.91. The fraction of sp³-hybridized carbons (Fsp3) is 0.462. The third-order valence-corrected chi connectivity index (χ3v) is 4.95. The average molecular weight is 510 g/mol. The highest BCUT2D eigenvalue weighted by atomic mass is 127. The van der Waals surface area contributed by atoms with Gasteiger partial charge in [-0.2, -0.15) is 17.2 Å². The van der Waals surface area contributed by atoms with Crippen molar-refractivity contribution >= 4 is 38.7 Å². The summed E-state index contributed by atoms with van der Waals surface area (Å²) < 4.78 is 75.5. The zero-order chi connectivity index (χ0) is 19.7. The van der Waals surface area contributed by atoms with Crippen LogP contribution in [-0.2, 0) is 29.1 Å². The Morgan fingerprint density at radius 1 is 1.46 bits per heavy atom. The molecule has 146 valence electrons. The first-order valence-electron chi connectivity index (χ1n) is 6.81. The first-order valence-corrected chi connectivity index (χ1v) is 9.33. The number of alkyl halides is 2. The second kappa shape index (κ2) is 7.75. The Balaban J connectivity index is 2.02. The number of benzene rings is 1. The van der Waals surface area contributed by atoms with Gasteiger partial charge in [-0.15, -0.1) is 0 Å². The molecule has 9 nitrogen and oxygen atoms in total. The topological polar surface area (TPSA) is 129 Å². The van der Waals surface area contributed by atoms with E-state index in [0.29, 0.717) is 9.13 Å². The van der Waals surface area contributed by atoms with Gasteiger partial charge in [-0.05, 0) is 34.7 Å². The van der Waals surface area contributed by atoms with Crippen molar-refractivity contribution in [2.24, 2.45) is 0 Å². The quantitative estimate of drug-likeness (QED) is 0.332. The molecule has 0 spiro atoms. The van der Waals surface area contributed by atoms with E-state index in [1.807, 2.05) is 22.6 Å². The molecule has 1 aliphatic rings. The molecule has 2 atom stereocenters. The van der Waals surface area contributed by atoms with Gasteiger partial charge in [0, 0.05) is 5.56 Å². The van der Waals surface area contributed by atoms with Gasteiger partial charge in [0.15, 0.2) is 30.5 Å². The SMILES string of the molecule is COc1cc(C2OCC(C(=O)OCC(F)(F)S(=O)(=O)O)O2)cc(I)c1O. The molecule has 1 aliphatic heterocycles. The molecule has 13 heteroatoms. The van der Waals surface area contributed by atoms with E-state index < -0.39 is 40.3 Å². The summed E-state index contributed by atoms with van der Waals surface area (Å²) in [6, 6.07) is 2.91. The van der Waals surface area contributed by atoms with Crippen LogP contribution in [0.4, 0.5) is 8.78 Å². The van der Waals surface area contributed by atoms with Gasteiger partial charge in [-0.1, -0.05) is 0 Å². The molecular formula is C13H13F2IO9S. The summed E-state index contributed by atoms with van der Waals surface area (Å²) >= 11 is 1.84. The largest absolute Gasteiger partial charge is 0.504 e. The molecule has 1 aromatic carbocycles. The van der Waals surface area contributed by atoms with Crippen LogP contribution in [0.5, 0.6) is 11.5 Å². The Morgan fingerprint density at radius 3 is 2.69 bits per heavy atom. The second-order valence-corrected chi connectivity index (χ2v) is 7.77. The summed E-state index contributed by atoms with van der Waals surface area (Å²) in [5.74, 6) is -1.24. The number of hydrogen-bond acceptors (Lipinski definition) is 8. The molecule has 0 aliphatic carbocycles. The van der Waals surface area contributed by atoms with Gasteiger partial charge in [0.1, 0.15) is 0 Å². The van der Waals surface area contributed by atoms with Gasteiger partial charge < -0.3 is 24.1 Å². The lowest BCUT2D eigenvalue weighted by atomic mass is 10.2. The highest BCUT2D eigenvalue weighted by Crippen LogP contribution is 2.37. The van der Waals surface area contributed by atoms with E-state index in [2.05, 4.69) is 4.74 Å². The normalized spacial score (nSPS) is 20.8. The van der Waals surface area contributed by atoms with Crippen molar-refractivity contribution in [2.45, 2.75) is 17.6 Å². The molecule has 26 heavy (non-hydrogen) atoms. The Kier molecular flexibility index (Phi) is 6.27. The van der Waals surface area contributed by atoms with Crippen LogP contribution in [0.15, 0.2) is 12.1 Å². The number of carbonyl (C=O) groups excluding carboxylic acids is 1.